The summed E-state index contributed by atoms with van der Waals surface area (Å²) in [5, 5.41) is 14.8. The number of nitrogens with one attached hydrogen (secondary N) is 1. The van der Waals surface area contributed by atoms with Gasteiger partial charge in [0.2, 0.25) is 0 Å². The molecule has 0 spiro atoms. The summed E-state index contributed by atoms with van der Waals surface area (Å²) in [5.74, 6) is 0.855. The van der Waals surface area contributed by atoms with Crippen molar-refractivity contribution in [2.45, 2.75) is 12.8 Å². The third-order valence-corrected chi connectivity index (χ3v) is 4.55. The van der Waals surface area contributed by atoms with E-state index >= 15 is 0 Å². The molecule has 0 saturated heterocycles. The Hall–Kier alpha value is -2.54. The first-order valence-corrected chi connectivity index (χ1v) is 7.65. The second kappa shape index (κ2) is 6.07. The van der Waals surface area contributed by atoms with Crippen molar-refractivity contribution in [1.29, 1.82) is 0 Å². The number of pyridine rings is 1. The zero-order valence-electron chi connectivity index (χ0n) is 11.9. The molecule has 2 heterocycles. The number of aromatic nitrogens is 2. The van der Waals surface area contributed by atoms with Crippen molar-refractivity contribution >= 4 is 33.1 Å². The summed E-state index contributed by atoms with van der Waals surface area (Å²) >= 11 is 1.69. The molecule has 0 radical (unpaired) electrons. The van der Waals surface area contributed by atoms with Crippen molar-refractivity contribution in [3.05, 3.63) is 57.7 Å². The van der Waals surface area contributed by atoms with Crippen LogP contribution in [0.4, 0.5) is 11.5 Å². The summed E-state index contributed by atoms with van der Waals surface area (Å²) in [6.45, 7) is 2.76. The Morgan fingerprint density at radius 1 is 1.32 bits per heavy atom. The second-order valence-electron chi connectivity index (χ2n) is 4.96. The van der Waals surface area contributed by atoms with Gasteiger partial charge in [0.05, 0.1) is 20.1 Å². The third kappa shape index (κ3) is 3.04. The number of benzene rings is 1. The molecule has 0 amide bonds. The summed E-state index contributed by atoms with van der Waals surface area (Å²) in [4.78, 5) is 18.8. The van der Waals surface area contributed by atoms with Crippen molar-refractivity contribution in [3.63, 3.8) is 0 Å². The number of hydrogen-bond acceptors (Lipinski definition) is 6. The number of rotatable bonds is 5. The minimum absolute atomic E-state index is 0.00947. The quantitative estimate of drug-likeness (QED) is 0.572. The van der Waals surface area contributed by atoms with E-state index in [-0.39, 0.29) is 11.6 Å². The molecular weight excluding hydrogens is 300 g/mol. The molecule has 1 aromatic carbocycles. The van der Waals surface area contributed by atoms with Crippen molar-refractivity contribution in [3.8, 4) is 0 Å². The summed E-state index contributed by atoms with van der Waals surface area (Å²) in [5.41, 5.74) is 1.01. The van der Waals surface area contributed by atoms with Gasteiger partial charge in [-0.25, -0.2) is 9.97 Å². The standard InChI is InChI=1S/C15H14N4O2S/c1-10(15-18-12-4-2-3-5-13(12)22-15)8-16-14-7-6-11(9-17-14)19(20)21/h2-7,9-10H,8H2,1H3,(H,16,17)/t10-/m1/s1. The third-order valence-electron chi connectivity index (χ3n) is 3.28. The number of anilines is 1. The molecule has 1 N–H and O–H groups in total. The van der Waals surface area contributed by atoms with Crippen LogP contribution in [0.1, 0.15) is 17.8 Å². The van der Waals surface area contributed by atoms with Crippen LogP contribution in [0.25, 0.3) is 10.2 Å². The molecule has 0 bridgehead atoms. The normalized spacial score (nSPS) is 12.2. The van der Waals surface area contributed by atoms with Gasteiger partial charge in [-0.2, -0.15) is 0 Å². The topological polar surface area (TPSA) is 81.0 Å². The van der Waals surface area contributed by atoms with Gasteiger partial charge in [0.25, 0.3) is 5.69 Å². The number of fused-ring (bicyclic) bond motifs is 1. The first kappa shape index (κ1) is 14.4. The Balaban J connectivity index is 1.66. The molecule has 6 nitrogen and oxygen atoms in total. The molecule has 7 heteroatoms. The molecular formula is C15H14N4O2S. The smallest absolute Gasteiger partial charge is 0.287 e. The van der Waals surface area contributed by atoms with E-state index in [9.17, 15) is 10.1 Å². The molecule has 3 rings (SSSR count). The van der Waals surface area contributed by atoms with Gasteiger partial charge >= 0.3 is 0 Å². The average molecular weight is 314 g/mol. The van der Waals surface area contributed by atoms with Crippen molar-refractivity contribution < 1.29 is 4.92 Å². The Morgan fingerprint density at radius 2 is 2.14 bits per heavy atom. The van der Waals surface area contributed by atoms with E-state index in [4.69, 9.17) is 0 Å². The summed E-state index contributed by atoms with van der Waals surface area (Å²) in [6.07, 6.45) is 1.25. The Labute approximate surface area is 131 Å². The van der Waals surface area contributed by atoms with Crippen molar-refractivity contribution in [2.24, 2.45) is 0 Å². The van der Waals surface area contributed by atoms with Crippen LogP contribution < -0.4 is 5.32 Å². The highest BCUT2D eigenvalue weighted by Crippen LogP contribution is 2.27. The summed E-state index contributed by atoms with van der Waals surface area (Å²) in [6, 6.07) is 11.1. The maximum absolute atomic E-state index is 10.6. The fourth-order valence-electron chi connectivity index (χ4n) is 2.04. The summed E-state index contributed by atoms with van der Waals surface area (Å²) in [7, 11) is 0. The van der Waals surface area contributed by atoms with Crippen LogP contribution in [0.2, 0.25) is 0 Å². The lowest BCUT2D eigenvalue weighted by Gasteiger charge is -2.10. The first-order valence-electron chi connectivity index (χ1n) is 6.83. The van der Waals surface area contributed by atoms with Gasteiger partial charge in [-0.05, 0) is 18.2 Å². The van der Waals surface area contributed by atoms with E-state index in [0.29, 0.717) is 12.4 Å². The highest BCUT2D eigenvalue weighted by molar-refractivity contribution is 7.18. The van der Waals surface area contributed by atoms with Gasteiger partial charge in [0.15, 0.2) is 0 Å². The zero-order valence-corrected chi connectivity index (χ0v) is 12.7. The highest BCUT2D eigenvalue weighted by Gasteiger charge is 2.12. The number of hydrogen-bond donors (Lipinski definition) is 1. The first-order chi connectivity index (χ1) is 10.6. The van der Waals surface area contributed by atoms with Crippen LogP contribution >= 0.6 is 11.3 Å². The maximum Gasteiger partial charge on any atom is 0.287 e. The Bertz CT molecular complexity index is 768. The molecule has 2 aromatic heterocycles. The number of nitro groups is 1. The van der Waals surface area contributed by atoms with E-state index in [0.717, 1.165) is 10.5 Å². The lowest BCUT2D eigenvalue weighted by molar-refractivity contribution is -0.385. The van der Waals surface area contributed by atoms with Crippen LogP contribution in [-0.2, 0) is 0 Å². The lowest BCUT2D eigenvalue weighted by Crippen LogP contribution is -2.10. The predicted molar refractivity (Wildman–Crippen MR) is 87.4 cm³/mol. The predicted octanol–water partition coefficient (Wildman–Crippen LogP) is 3.82. The van der Waals surface area contributed by atoms with Gasteiger partial charge in [0.1, 0.15) is 12.0 Å². The fraction of sp³-hybridized carbons (Fsp3) is 0.200. The van der Waals surface area contributed by atoms with Crippen LogP contribution in [0.15, 0.2) is 42.6 Å². The van der Waals surface area contributed by atoms with E-state index in [1.807, 2.05) is 18.2 Å². The molecule has 0 unspecified atom stereocenters. The molecule has 0 fully saturated rings. The summed E-state index contributed by atoms with van der Waals surface area (Å²) < 4.78 is 1.18. The molecule has 3 aromatic rings. The fourth-order valence-corrected chi connectivity index (χ4v) is 3.06. The van der Waals surface area contributed by atoms with Crippen LogP contribution in [0.3, 0.4) is 0 Å². The number of nitrogens with zero attached hydrogens (tertiary/aromatic N) is 3. The van der Waals surface area contributed by atoms with Crippen LogP contribution in [-0.4, -0.2) is 21.4 Å². The molecule has 0 saturated carbocycles. The van der Waals surface area contributed by atoms with E-state index in [2.05, 4.69) is 28.3 Å². The molecule has 22 heavy (non-hydrogen) atoms. The monoisotopic (exact) mass is 314 g/mol. The average Bonchev–Trinajstić information content (AvgIpc) is 2.97. The van der Waals surface area contributed by atoms with E-state index in [1.165, 1.54) is 17.0 Å². The SMILES string of the molecule is C[C@H](CNc1ccc([N+](=O)[O-])cn1)c1nc2ccccc2s1. The van der Waals surface area contributed by atoms with Crippen molar-refractivity contribution in [2.75, 3.05) is 11.9 Å². The Morgan fingerprint density at radius 3 is 2.82 bits per heavy atom. The molecule has 1 atom stereocenters. The lowest BCUT2D eigenvalue weighted by atomic mass is 10.2. The molecule has 0 aliphatic rings. The minimum atomic E-state index is -0.458. The van der Waals surface area contributed by atoms with Crippen LogP contribution in [0.5, 0.6) is 0 Å². The van der Waals surface area contributed by atoms with Gasteiger partial charge in [-0.3, -0.25) is 10.1 Å². The van der Waals surface area contributed by atoms with Gasteiger partial charge < -0.3 is 5.32 Å². The second-order valence-corrected chi connectivity index (χ2v) is 6.02. The van der Waals surface area contributed by atoms with Gasteiger partial charge in [0, 0.05) is 18.5 Å². The molecule has 112 valence electrons. The molecule has 0 aliphatic carbocycles. The zero-order chi connectivity index (χ0) is 15.5. The van der Waals surface area contributed by atoms with Crippen LogP contribution in [0, 0.1) is 10.1 Å². The largest absolute Gasteiger partial charge is 0.369 e. The van der Waals surface area contributed by atoms with Crippen molar-refractivity contribution in [1.82, 2.24) is 9.97 Å². The van der Waals surface area contributed by atoms with Gasteiger partial charge in [-0.1, -0.05) is 19.1 Å². The van der Waals surface area contributed by atoms with E-state index < -0.39 is 4.92 Å². The molecule has 0 aliphatic heterocycles. The van der Waals surface area contributed by atoms with E-state index in [1.54, 1.807) is 17.4 Å². The highest BCUT2D eigenvalue weighted by atomic mass is 32.1. The maximum atomic E-state index is 10.6. The number of thiazole rings is 1. The van der Waals surface area contributed by atoms with Gasteiger partial charge in [-0.15, -0.1) is 11.3 Å². The minimum Gasteiger partial charge on any atom is -0.369 e. The number of para-hydroxylation sites is 1. The Kier molecular flexibility index (Phi) is 3.97.